The van der Waals surface area contributed by atoms with Gasteiger partial charge in [-0.25, -0.2) is 0 Å². The minimum Gasteiger partial charge on any atom is -0.0848 e. The lowest BCUT2D eigenvalue weighted by atomic mass is 10.1. The Morgan fingerprint density at radius 3 is 1.89 bits per heavy atom. The van der Waals surface area contributed by atoms with Crippen LogP contribution < -0.4 is 0 Å². The van der Waals surface area contributed by atoms with E-state index in [0.29, 0.717) is 0 Å². The Kier molecular flexibility index (Phi) is 15.0. The van der Waals surface area contributed by atoms with Crippen molar-refractivity contribution in [3.05, 3.63) is 55.5 Å². The largest absolute Gasteiger partial charge is 0.0848 e. The fourth-order valence-corrected chi connectivity index (χ4v) is 1.62. The zero-order valence-corrected chi connectivity index (χ0v) is 12.0. The van der Waals surface area contributed by atoms with Gasteiger partial charge < -0.3 is 0 Å². The van der Waals surface area contributed by atoms with Crippen LogP contribution in [0.1, 0.15) is 58.3 Å². The summed E-state index contributed by atoms with van der Waals surface area (Å²) in [5, 5.41) is 0. The van der Waals surface area contributed by atoms with Gasteiger partial charge in [0, 0.05) is 0 Å². The standard InChI is InChI=1S/C18H29/c1-3-5-7-9-11-13-15-17-18-16-14-12-10-8-6-4-2/h6,8,10,12,14,16-18H,1,3-5,7,9,11,13,15H2,2H3/b8-6-,12-10+,16-14+,18-17-. The minimum atomic E-state index is 1.09. The van der Waals surface area contributed by atoms with Crippen molar-refractivity contribution < 1.29 is 0 Å². The maximum Gasteiger partial charge on any atom is -0.0348 e. The summed E-state index contributed by atoms with van der Waals surface area (Å²) in [5.41, 5.74) is 0. The van der Waals surface area contributed by atoms with Crippen LogP contribution >= 0.6 is 0 Å². The van der Waals surface area contributed by atoms with Crippen molar-refractivity contribution in [1.29, 1.82) is 0 Å². The second-order valence-corrected chi connectivity index (χ2v) is 4.44. The van der Waals surface area contributed by atoms with Crippen molar-refractivity contribution in [2.24, 2.45) is 0 Å². The molecular weight excluding hydrogens is 216 g/mol. The van der Waals surface area contributed by atoms with Crippen molar-refractivity contribution in [3.63, 3.8) is 0 Å². The molecule has 0 rings (SSSR count). The van der Waals surface area contributed by atoms with Gasteiger partial charge in [0.2, 0.25) is 0 Å². The molecule has 0 saturated heterocycles. The zero-order chi connectivity index (χ0) is 13.3. The van der Waals surface area contributed by atoms with E-state index in [9.17, 15) is 0 Å². The molecule has 0 aliphatic rings. The van der Waals surface area contributed by atoms with Crippen molar-refractivity contribution >= 4 is 0 Å². The van der Waals surface area contributed by atoms with Crippen molar-refractivity contribution in [3.8, 4) is 0 Å². The highest BCUT2D eigenvalue weighted by molar-refractivity contribution is 5.15. The van der Waals surface area contributed by atoms with E-state index in [-0.39, 0.29) is 0 Å². The average molecular weight is 245 g/mol. The number of hydrogen-bond acceptors (Lipinski definition) is 0. The van der Waals surface area contributed by atoms with Crippen LogP contribution in [0.5, 0.6) is 0 Å². The summed E-state index contributed by atoms with van der Waals surface area (Å²) in [6.45, 7) is 6.00. The Morgan fingerprint density at radius 2 is 1.22 bits per heavy atom. The number of unbranched alkanes of at least 4 members (excludes halogenated alkanes) is 6. The predicted molar refractivity (Wildman–Crippen MR) is 84.5 cm³/mol. The Bertz CT molecular complexity index is 253. The molecule has 0 aromatic rings. The molecular formula is C18H29. The normalized spacial score (nSPS) is 12.8. The first-order chi connectivity index (χ1) is 8.91. The second-order valence-electron chi connectivity index (χ2n) is 4.44. The monoisotopic (exact) mass is 245 g/mol. The molecule has 0 N–H and O–H groups in total. The van der Waals surface area contributed by atoms with Gasteiger partial charge in [0.1, 0.15) is 0 Å². The van der Waals surface area contributed by atoms with E-state index in [1.165, 1.54) is 38.5 Å². The third-order valence-electron chi connectivity index (χ3n) is 2.68. The van der Waals surface area contributed by atoms with Gasteiger partial charge in [0.05, 0.1) is 0 Å². The molecule has 0 fully saturated rings. The molecule has 0 saturated carbocycles. The fraction of sp³-hybridized carbons (Fsp3) is 0.500. The van der Waals surface area contributed by atoms with Crippen LogP contribution in [0.4, 0.5) is 0 Å². The highest BCUT2D eigenvalue weighted by Gasteiger charge is 1.87. The molecule has 1 radical (unpaired) electrons. The van der Waals surface area contributed by atoms with Crippen LogP contribution in [0.3, 0.4) is 0 Å². The number of hydrogen-bond donors (Lipinski definition) is 0. The smallest absolute Gasteiger partial charge is 0.0348 e. The molecule has 0 aliphatic heterocycles. The lowest BCUT2D eigenvalue weighted by Gasteiger charge is -1.96. The molecule has 101 valence electrons. The first-order valence-corrected chi connectivity index (χ1v) is 7.36. The van der Waals surface area contributed by atoms with Crippen LogP contribution in [0.2, 0.25) is 0 Å². The fourth-order valence-electron chi connectivity index (χ4n) is 1.62. The molecule has 0 nitrogen and oxygen atoms in total. The Hall–Kier alpha value is -1.04. The van der Waals surface area contributed by atoms with Crippen LogP contribution in [0.15, 0.2) is 48.6 Å². The van der Waals surface area contributed by atoms with Gasteiger partial charge in [-0.15, -0.1) is 0 Å². The van der Waals surface area contributed by atoms with Gasteiger partial charge in [0.25, 0.3) is 0 Å². The summed E-state index contributed by atoms with van der Waals surface area (Å²) in [4.78, 5) is 0. The third kappa shape index (κ3) is 15.0. The Morgan fingerprint density at radius 1 is 0.667 bits per heavy atom. The Labute approximate surface area is 114 Å². The van der Waals surface area contributed by atoms with Crippen LogP contribution in [-0.2, 0) is 0 Å². The molecule has 0 heterocycles. The van der Waals surface area contributed by atoms with Gasteiger partial charge in [-0.05, 0) is 19.3 Å². The summed E-state index contributed by atoms with van der Waals surface area (Å²) in [6, 6.07) is 0. The van der Waals surface area contributed by atoms with E-state index in [1.807, 2.05) is 0 Å². The second kappa shape index (κ2) is 16.0. The lowest BCUT2D eigenvalue weighted by Crippen LogP contribution is -1.77. The molecule has 0 aromatic carbocycles. The van der Waals surface area contributed by atoms with Crippen molar-refractivity contribution in [1.82, 2.24) is 0 Å². The summed E-state index contributed by atoms with van der Waals surface area (Å²) in [7, 11) is 0. The van der Waals surface area contributed by atoms with Crippen LogP contribution in [0.25, 0.3) is 0 Å². The average Bonchev–Trinajstić information content (AvgIpc) is 2.39. The van der Waals surface area contributed by atoms with Gasteiger partial charge in [-0.1, -0.05) is 94.6 Å². The summed E-state index contributed by atoms with van der Waals surface area (Å²) >= 11 is 0. The van der Waals surface area contributed by atoms with Gasteiger partial charge in [-0.3, -0.25) is 0 Å². The molecule has 0 aromatic heterocycles. The van der Waals surface area contributed by atoms with E-state index in [0.717, 1.165) is 12.8 Å². The van der Waals surface area contributed by atoms with Crippen LogP contribution in [-0.4, -0.2) is 0 Å². The van der Waals surface area contributed by atoms with Gasteiger partial charge in [-0.2, -0.15) is 0 Å². The topological polar surface area (TPSA) is 0 Å². The quantitative estimate of drug-likeness (QED) is 0.301. The molecule has 0 bridgehead atoms. The number of allylic oxidation sites excluding steroid dienone is 8. The molecule has 0 heteroatoms. The highest BCUT2D eigenvalue weighted by atomic mass is 13.9. The Balaban J connectivity index is 3.34. The van der Waals surface area contributed by atoms with Crippen molar-refractivity contribution in [2.75, 3.05) is 0 Å². The first kappa shape index (κ1) is 17.0. The maximum atomic E-state index is 3.86. The predicted octanol–water partition coefficient (Wildman–Crippen LogP) is 6.19. The van der Waals surface area contributed by atoms with E-state index in [1.54, 1.807) is 0 Å². The molecule has 0 spiro atoms. The summed E-state index contributed by atoms with van der Waals surface area (Å²) < 4.78 is 0. The zero-order valence-electron chi connectivity index (χ0n) is 12.0. The SMILES string of the molecule is [CH2]CCCCCCC\C=C/C=C/C=C/C=C\CC. The first-order valence-electron chi connectivity index (χ1n) is 7.36. The minimum absolute atomic E-state index is 1.09. The van der Waals surface area contributed by atoms with E-state index < -0.39 is 0 Å². The van der Waals surface area contributed by atoms with Crippen LogP contribution in [0, 0.1) is 6.92 Å². The molecule has 0 aliphatic carbocycles. The lowest BCUT2D eigenvalue weighted by molar-refractivity contribution is 0.621. The molecule has 0 atom stereocenters. The number of rotatable bonds is 11. The maximum absolute atomic E-state index is 3.86. The third-order valence-corrected chi connectivity index (χ3v) is 2.68. The molecule has 0 unspecified atom stereocenters. The van der Waals surface area contributed by atoms with E-state index >= 15 is 0 Å². The summed E-state index contributed by atoms with van der Waals surface area (Å²) in [6.07, 6.45) is 27.0. The molecule has 18 heavy (non-hydrogen) atoms. The van der Waals surface area contributed by atoms with E-state index in [4.69, 9.17) is 0 Å². The van der Waals surface area contributed by atoms with Gasteiger partial charge in [0.15, 0.2) is 0 Å². The van der Waals surface area contributed by atoms with Gasteiger partial charge >= 0.3 is 0 Å². The van der Waals surface area contributed by atoms with E-state index in [2.05, 4.69) is 62.5 Å². The summed E-state index contributed by atoms with van der Waals surface area (Å²) in [5.74, 6) is 0. The highest BCUT2D eigenvalue weighted by Crippen LogP contribution is 2.06. The molecule has 0 amide bonds. The van der Waals surface area contributed by atoms with Crippen molar-refractivity contribution in [2.45, 2.75) is 58.3 Å².